The van der Waals surface area contributed by atoms with Crippen molar-refractivity contribution in [1.29, 1.82) is 0 Å². The zero-order valence-electron chi connectivity index (χ0n) is 13.3. The molecule has 26 heavy (non-hydrogen) atoms. The maximum atomic E-state index is 13.7. The highest BCUT2D eigenvalue weighted by molar-refractivity contribution is 7.99. The summed E-state index contributed by atoms with van der Waals surface area (Å²) >= 11 is 5.97. The Morgan fingerprint density at radius 1 is 1.15 bits per heavy atom. The van der Waals surface area contributed by atoms with Crippen molar-refractivity contribution in [3.63, 3.8) is 0 Å². The lowest BCUT2D eigenvalue weighted by Gasteiger charge is -2.14. The Hall–Kier alpha value is -2.19. The Morgan fingerprint density at radius 3 is 2.38 bits per heavy atom. The van der Waals surface area contributed by atoms with Crippen LogP contribution in [0.1, 0.15) is 17.3 Å². The third-order valence-electron chi connectivity index (χ3n) is 3.16. The zero-order valence-corrected chi connectivity index (χ0v) is 14.9. The summed E-state index contributed by atoms with van der Waals surface area (Å²) in [5, 5.41) is 2.46. The predicted molar refractivity (Wildman–Crippen MR) is 93.2 cm³/mol. The van der Waals surface area contributed by atoms with Crippen molar-refractivity contribution >= 4 is 40.9 Å². The number of hydrogen-bond acceptors (Lipinski definition) is 4. The van der Waals surface area contributed by atoms with Crippen LogP contribution in [0.5, 0.6) is 0 Å². The van der Waals surface area contributed by atoms with Gasteiger partial charge in [-0.3, -0.25) is 4.79 Å². The summed E-state index contributed by atoms with van der Waals surface area (Å²) in [6.45, 7) is 1.32. The minimum atomic E-state index is -2.57. The molecule has 138 valence electrons. The van der Waals surface area contributed by atoms with Crippen molar-refractivity contribution in [3.8, 4) is 0 Å². The molecule has 0 aromatic heterocycles. The summed E-state index contributed by atoms with van der Waals surface area (Å²) in [6, 6.07) is 9.04. The molecule has 0 aliphatic heterocycles. The number of halogens is 4. The van der Waals surface area contributed by atoms with Crippen molar-refractivity contribution in [1.82, 2.24) is 0 Å². The molecule has 0 aliphatic rings. The van der Waals surface area contributed by atoms with E-state index in [0.29, 0.717) is 16.7 Å². The highest BCUT2D eigenvalue weighted by Crippen LogP contribution is 2.25. The van der Waals surface area contributed by atoms with Gasteiger partial charge in [-0.25, -0.2) is 9.18 Å². The Kier molecular flexibility index (Phi) is 6.93. The van der Waals surface area contributed by atoms with Crippen LogP contribution >= 0.6 is 23.4 Å². The van der Waals surface area contributed by atoms with Gasteiger partial charge < -0.3 is 10.1 Å². The van der Waals surface area contributed by atoms with E-state index in [4.69, 9.17) is 16.3 Å². The van der Waals surface area contributed by atoms with Gasteiger partial charge in [0.15, 0.2) is 6.10 Å². The first-order chi connectivity index (χ1) is 12.3. The largest absolute Gasteiger partial charge is 0.449 e. The minimum absolute atomic E-state index is 0.0981. The summed E-state index contributed by atoms with van der Waals surface area (Å²) in [5.74, 6) is -4.83. The van der Waals surface area contributed by atoms with Gasteiger partial charge in [0.1, 0.15) is 5.82 Å². The van der Waals surface area contributed by atoms with Crippen molar-refractivity contribution in [2.24, 2.45) is 0 Å². The molecule has 2 aromatic rings. The van der Waals surface area contributed by atoms with Gasteiger partial charge in [-0.05, 0) is 49.4 Å². The fourth-order valence-corrected chi connectivity index (χ4v) is 2.54. The molecule has 0 heterocycles. The predicted octanol–water partition coefficient (Wildman–Crippen LogP) is 4.98. The Morgan fingerprint density at radius 2 is 1.81 bits per heavy atom. The Labute approximate surface area is 156 Å². The van der Waals surface area contributed by atoms with Gasteiger partial charge in [0.25, 0.3) is 11.7 Å². The van der Waals surface area contributed by atoms with Crippen molar-refractivity contribution < 1.29 is 27.5 Å². The molecular weight excluding hydrogens is 391 g/mol. The number of benzene rings is 2. The van der Waals surface area contributed by atoms with Gasteiger partial charge >= 0.3 is 5.97 Å². The summed E-state index contributed by atoms with van der Waals surface area (Å²) < 4.78 is 43.2. The van der Waals surface area contributed by atoms with Crippen LogP contribution in [0.4, 0.5) is 18.9 Å². The van der Waals surface area contributed by atoms with E-state index in [9.17, 15) is 22.8 Å². The number of hydrogen-bond donors (Lipinski definition) is 1. The molecule has 0 fully saturated rings. The molecule has 1 N–H and O–H groups in total. The zero-order chi connectivity index (χ0) is 19.3. The summed E-state index contributed by atoms with van der Waals surface area (Å²) in [7, 11) is 0. The van der Waals surface area contributed by atoms with E-state index in [1.165, 1.54) is 43.3 Å². The van der Waals surface area contributed by atoms with Crippen LogP contribution in [-0.2, 0) is 9.53 Å². The minimum Gasteiger partial charge on any atom is -0.449 e. The molecule has 1 unspecified atom stereocenters. The molecule has 0 bridgehead atoms. The van der Waals surface area contributed by atoms with Crippen LogP contribution in [0.3, 0.4) is 0 Å². The van der Waals surface area contributed by atoms with Crippen LogP contribution in [-0.4, -0.2) is 23.7 Å². The van der Waals surface area contributed by atoms with Gasteiger partial charge in [0.2, 0.25) is 0 Å². The monoisotopic (exact) mass is 403 g/mol. The highest BCUT2D eigenvalue weighted by atomic mass is 35.5. The number of carbonyl (C=O) groups is 2. The van der Waals surface area contributed by atoms with Crippen molar-refractivity contribution in [2.45, 2.75) is 23.7 Å². The van der Waals surface area contributed by atoms with Crippen molar-refractivity contribution in [2.75, 3.05) is 5.32 Å². The molecule has 2 aromatic carbocycles. The number of nitrogens with one attached hydrogen (secondary N) is 1. The number of alkyl halides is 2. The molecule has 0 saturated carbocycles. The van der Waals surface area contributed by atoms with Gasteiger partial charge in [0.05, 0.1) is 11.3 Å². The van der Waals surface area contributed by atoms with Crippen LogP contribution in [0, 0.1) is 5.82 Å². The first-order valence-electron chi connectivity index (χ1n) is 7.28. The molecule has 0 radical (unpaired) electrons. The van der Waals surface area contributed by atoms with E-state index in [-0.39, 0.29) is 16.3 Å². The van der Waals surface area contributed by atoms with Gasteiger partial charge in [-0.1, -0.05) is 23.4 Å². The molecule has 4 nitrogen and oxygen atoms in total. The van der Waals surface area contributed by atoms with E-state index in [1.54, 1.807) is 0 Å². The second-order valence-electron chi connectivity index (χ2n) is 5.06. The fourth-order valence-electron chi connectivity index (χ4n) is 1.88. The van der Waals surface area contributed by atoms with Crippen molar-refractivity contribution in [3.05, 3.63) is 58.9 Å². The van der Waals surface area contributed by atoms with Gasteiger partial charge in [-0.15, -0.1) is 0 Å². The molecule has 0 aliphatic carbocycles. The van der Waals surface area contributed by atoms with E-state index in [0.717, 1.165) is 6.07 Å². The quantitative estimate of drug-likeness (QED) is 0.546. The number of anilines is 1. The smallest absolute Gasteiger partial charge is 0.338 e. The van der Waals surface area contributed by atoms with Crippen LogP contribution in [0.2, 0.25) is 5.02 Å². The van der Waals surface area contributed by atoms with Crippen LogP contribution in [0.15, 0.2) is 47.4 Å². The van der Waals surface area contributed by atoms with Crippen LogP contribution in [0.25, 0.3) is 0 Å². The third-order valence-corrected chi connectivity index (χ3v) is 4.11. The summed E-state index contributed by atoms with van der Waals surface area (Å²) in [4.78, 5) is 24.3. The average molecular weight is 404 g/mol. The van der Waals surface area contributed by atoms with E-state index >= 15 is 0 Å². The summed E-state index contributed by atoms with van der Waals surface area (Å²) in [5.41, 5.74) is -0.00313. The molecule has 2 rings (SSSR count). The molecule has 0 spiro atoms. The van der Waals surface area contributed by atoms with Crippen LogP contribution < -0.4 is 5.32 Å². The van der Waals surface area contributed by atoms with E-state index in [1.807, 2.05) is 0 Å². The first kappa shape index (κ1) is 20.1. The lowest BCUT2D eigenvalue weighted by Crippen LogP contribution is -2.30. The maximum absolute atomic E-state index is 13.7. The fraction of sp³-hybridized carbons (Fsp3) is 0.176. The number of thioether (sulfide) groups is 1. The second-order valence-corrected chi connectivity index (χ2v) is 6.56. The maximum Gasteiger partial charge on any atom is 0.338 e. The number of ether oxygens (including phenoxy) is 1. The number of esters is 1. The lowest BCUT2D eigenvalue weighted by molar-refractivity contribution is -0.123. The van der Waals surface area contributed by atoms with Gasteiger partial charge in [-0.2, -0.15) is 8.78 Å². The third kappa shape index (κ3) is 5.67. The second kappa shape index (κ2) is 8.95. The topological polar surface area (TPSA) is 55.4 Å². The Balaban J connectivity index is 1.96. The molecule has 0 saturated heterocycles. The number of amides is 1. The number of carbonyl (C=O) groups excluding carboxylic acids is 2. The molecule has 1 atom stereocenters. The number of rotatable bonds is 6. The average Bonchev–Trinajstić information content (AvgIpc) is 2.57. The van der Waals surface area contributed by atoms with E-state index in [2.05, 4.69) is 5.32 Å². The SMILES string of the molecule is CC(OC(=O)c1ccc(SC(F)F)cc1)C(=O)Nc1ccc(Cl)cc1F. The molecule has 1 amide bonds. The highest BCUT2D eigenvalue weighted by Gasteiger charge is 2.20. The normalized spacial score (nSPS) is 11.9. The Bertz CT molecular complexity index is 802. The van der Waals surface area contributed by atoms with Gasteiger partial charge in [0, 0.05) is 9.92 Å². The van der Waals surface area contributed by atoms with E-state index < -0.39 is 29.6 Å². The lowest BCUT2D eigenvalue weighted by atomic mass is 10.2. The molecule has 9 heteroatoms. The molecular formula is C17H13ClF3NO3S. The summed E-state index contributed by atoms with van der Waals surface area (Å²) in [6.07, 6.45) is -1.20. The standard InChI is InChI=1S/C17H13ClF3NO3S/c1-9(15(23)22-14-7-4-11(18)8-13(14)19)25-16(24)10-2-5-12(6-3-10)26-17(20)21/h2-9,17H,1H3,(H,22,23). The first-order valence-corrected chi connectivity index (χ1v) is 8.54.